The molecule has 0 saturated carbocycles. The highest BCUT2D eigenvalue weighted by Crippen LogP contribution is 2.51. The first-order valence-corrected chi connectivity index (χ1v) is 45.9. The first-order chi connectivity index (χ1) is 66.5. The molecule has 0 spiro atoms. The van der Waals surface area contributed by atoms with Crippen molar-refractivity contribution in [3.05, 3.63) is 257 Å². The van der Waals surface area contributed by atoms with Crippen LogP contribution in [0.25, 0.3) is 83.9 Å². The molecular weight excluding hydrogens is 1970 g/mol. The summed E-state index contributed by atoms with van der Waals surface area (Å²) in [5.41, 5.74) is -2.17. The molecule has 3 N–H and O–H groups in total. The molecule has 141 heavy (non-hydrogen) atoms. The van der Waals surface area contributed by atoms with Crippen LogP contribution in [0.2, 0.25) is 30.1 Å². The highest BCUT2D eigenvalue weighted by Gasteiger charge is 2.43. The highest BCUT2D eigenvalue weighted by atomic mass is 35.5. The van der Waals surface area contributed by atoms with Crippen molar-refractivity contribution in [1.29, 1.82) is 15.8 Å². The fraction of sp³-hybridized carbons (Fsp3) is 0.303. The molecule has 12 aromatic rings. The van der Waals surface area contributed by atoms with Gasteiger partial charge in [0.25, 0.3) is 16.7 Å². The molecule has 0 bridgehead atoms. The zero-order valence-corrected chi connectivity index (χ0v) is 82.5. The van der Waals surface area contributed by atoms with Gasteiger partial charge in [0.2, 0.25) is 35.2 Å². The maximum absolute atomic E-state index is 14.7. The Labute approximate surface area is 830 Å². The van der Waals surface area contributed by atoms with Gasteiger partial charge in [-0.2, -0.15) is 29.0 Å². The number of aryl methyl sites for hydroxylation is 3. The minimum absolute atomic E-state index is 0.105. The van der Waals surface area contributed by atoms with Gasteiger partial charge >= 0.3 is 0 Å². The van der Waals surface area contributed by atoms with Crippen LogP contribution in [0.1, 0.15) is 151 Å². The zero-order chi connectivity index (χ0) is 104. The minimum atomic E-state index is -1.99. The van der Waals surface area contributed by atoms with Crippen molar-refractivity contribution >= 4 is 137 Å². The van der Waals surface area contributed by atoms with E-state index in [1.807, 2.05) is 101 Å². The number of phenolic OH excluding ortho intramolecular Hbond substituents is 3. The number of hydrogen-bond acceptors (Lipinski definition) is 21. The van der Waals surface area contributed by atoms with E-state index in [1.54, 1.807) is 87.0 Å². The van der Waals surface area contributed by atoms with Crippen LogP contribution in [0.3, 0.4) is 0 Å². The molecule has 0 aliphatic carbocycles. The van der Waals surface area contributed by atoms with Crippen LogP contribution in [-0.2, 0) is 14.4 Å². The third-order valence-electron chi connectivity index (χ3n) is 24.8. The van der Waals surface area contributed by atoms with E-state index in [0.29, 0.717) is 50.8 Å². The number of piperazine rings is 3. The van der Waals surface area contributed by atoms with E-state index in [9.17, 15) is 99.4 Å². The summed E-state index contributed by atoms with van der Waals surface area (Å²) < 4.78 is 134. The summed E-state index contributed by atoms with van der Waals surface area (Å²) in [7, 11) is 0. The van der Waals surface area contributed by atoms with Gasteiger partial charge in [0, 0.05) is 110 Å². The Hall–Kier alpha value is -13.8. The predicted molar refractivity (Wildman–Crippen MR) is 522 cm³/mol. The molecule has 0 unspecified atom stereocenters. The Balaban J connectivity index is 0.000000178. The van der Waals surface area contributed by atoms with Gasteiger partial charge in [-0.3, -0.25) is 57.4 Å². The van der Waals surface area contributed by atoms with Crippen LogP contribution >= 0.6 is 69.6 Å². The van der Waals surface area contributed by atoms with Gasteiger partial charge in [0.05, 0.1) is 115 Å². The smallest absolute Gasteiger partial charge is 0.276 e. The Morgan fingerprint density at radius 3 is 0.787 bits per heavy atom. The summed E-state index contributed by atoms with van der Waals surface area (Å²) in [5, 5.41) is 60.0. The first-order valence-electron chi connectivity index (χ1n) is 43.7. The molecule has 9 aromatic heterocycles. The van der Waals surface area contributed by atoms with E-state index < -0.39 is 135 Å². The number of halogens is 15. The van der Waals surface area contributed by atoms with Gasteiger partial charge in [-0.25, -0.2) is 41.3 Å². The lowest BCUT2D eigenvalue weighted by Crippen LogP contribution is -2.58. The molecule has 42 heteroatoms. The van der Waals surface area contributed by atoms with Crippen LogP contribution in [0.4, 0.5) is 56.6 Å². The lowest BCUT2D eigenvalue weighted by Gasteiger charge is -2.45. The van der Waals surface area contributed by atoms with E-state index in [2.05, 4.69) is 49.6 Å². The molecule has 3 aliphatic rings. The van der Waals surface area contributed by atoms with Crippen LogP contribution in [0, 0.1) is 107 Å². The van der Waals surface area contributed by atoms with Crippen molar-refractivity contribution in [2.24, 2.45) is 0 Å². The molecule has 0 radical (unpaired) electrons. The van der Waals surface area contributed by atoms with Gasteiger partial charge < -0.3 is 44.7 Å². The van der Waals surface area contributed by atoms with Gasteiger partial charge in [-0.05, 0) is 151 Å². The number of nitriles is 3. The predicted octanol–water partition coefficient (Wildman–Crippen LogP) is 20.4. The third kappa shape index (κ3) is 18.1. The SMILES string of the molecule is C=CC(=O)N1[C@H](C)CN(c2c(C#N)c(=O)n(-c3c(C)ccnc3C(C)C)c3nc(-c4c(O)c(F)c(F)c(F)c4Cl)c(Cl)cc23)C[C@@H]1C.C=CC(=O)N1[C@H](C)CN(c2c(C#N)c(=O)n(-c3c(C)ccnc3C(C)C)c3nc(-c4c(O)c(F)c(F)c(F)c4Cl)c(Cl)cc23)C[C@@H]1C.C=CC(=O)N1[C@H](C)CN(c2c(C#N)c(=O)n(-c3c(C)ccnc3C(C)C)c3nc(-c4c(O)c(F)c(F)c(F)c4Cl)c(Cl)cc23)C[C@@H]1C. The summed E-state index contributed by atoms with van der Waals surface area (Å²) in [6, 6.07) is 13.0. The molecule has 12 heterocycles. The van der Waals surface area contributed by atoms with Crippen LogP contribution in [-0.4, -0.2) is 167 Å². The number of nitrogens with zero attached hydrogens (tertiary/aromatic N) is 18. The molecule has 3 aromatic carbocycles. The summed E-state index contributed by atoms with van der Waals surface area (Å²) in [6.07, 6.45) is 8.38. The number of aromatic hydroxyl groups is 3. The van der Waals surface area contributed by atoms with E-state index in [4.69, 9.17) is 69.6 Å². The number of benzene rings is 3. The molecule has 3 aliphatic heterocycles. The molecule has 732 valence electrons. The van der Waals surface area contributed by atoms with Crippen molar-refractivity contribution in [1.82, 2.24) is 58.3 Å². The number of aromatic nitrogens is 9. The number of rotatable bonds is 15. The second-order valence-electron chi connectivity index (χ2n) is 35.1. The van der Waals surface area contributed by atoms with Crippen LogP contribution in [0.15, 0.2) is 107 Å². The normalized spacial score (nSPS) is 16.6. The van der Waals surface area contributed by atoms with Crippen molar-refractivity contribution in [3.8, 4) is 86.3 Å². The van der Waals surface area contributed by atoms with Gasteiger partial charge in [-0.1, -0.05) is 131 Å². The molecule has 15 rings (SSSR count). The fourth-order valence-electron chi connectivity index (χ4n) is 18.7. The minimum Gasteiger partial charge on any atom is -0.504 e. The average Bonchev–Trinajstić information content (AvgIpc) is 0.725. The monoisotopic (exact) mass is 2050 g/mol. The first kappa shape index (κ1) is 105. The lowest BCUT2D eigenvalue weighted by molar-refractivity contribution is -0.131. The van der Waals surface area contributed by atoms with E-state index in [-0.39, 0.29) is 193 Å². The molecular formula is C99H87Cl6F9N18O9. The topological polar surface area (TPSA) is 346 Å². The summed E-state index contributed by atoms with van der Waals surface area (Å²) in [4.78, 5) is 119. The standard InChI is InChI=1S/3C33H29Cl2F3N6O3/c3*1-7-21(45)43-16(5)12-42(13-17(43)6)30-18-10-20(34)28(22-23(35)24(36)25(37)26(38)31(22)46)41-32(18)44(33(47)19(30)11-39)29-15(4)8-9-40-27(29)14(2)3/h3*7-10,14,16-17,46H,1,12-13H2,2-6H3/t3*16-,17+. The fourth-order valence-corrected chi connectivity index (χ4v) is 20.3. The number of fused-ring (bicyclic) bond motifs is 3. The summed E-state index contributed by atoms with van der Waals surface area (Å²) >= 11 is 38.3. The van der Waals surface area contributed by atoms with Crippen LogP contribution in [0.5, 0.6) is 17.2 Å². The number of phenols is 3. The Kier molecular flexibility index (Phi) is 30.3. The van der Waals surface area contributed by atoms with Gasteiger partial charge in [0.15, 0.2) is 52.2 Å². The van der Waals surface area contributed by atoms with Crippen molar-refractivity contribution < 1.29 is 69.2 Å². The summed E-state index contributed by atoms with van der Waals surface area (Å²) in [5.74, 6) is -22.5. The molecule has 3 saturated heterocycles. The second-order valence-corrected chi connectivity index (χ2v) is 37.5. The highest BCUT2D eigenvalue weighted by molar-refractivity contribution is 6.39. The number of pyridine rings is 9. The second kappa shape index (κ2) is 40.8. The quantitative estimate of drug-likeness (QED) is 0.0371. The van der Waals surface area contributed by atoms with Gasteiger partial charge in [-0.15, -0.1) is 0 Å². The number of amides is 3. The third-order valence-corrected chi connectivity index (χ3v) is 26.7. The van der Waals surface area contributed by atoms with Crippen molar-refractivity contribution in [2.75, 3.05) is 54.0 Å². The van der Waals surface area contributed by atoms with Crippen molar-refractivity contribution in [2.45, 2.75) is 158 Å². The number of carbonyl (C=O) groups is 3. The zero-order valence-electron chi connectivity index (χ0n) is 78.0. The molecule has 3 fully saturated rings. The Bertz CT molecular complexity index is 6870. The van der Waals surface area contributed by atoms with Gasteiger partial charge in [0.1, 0.15) is 51.8 Å². The largest absolute Gasteiger partial charge is 0.504 e. The number of anilines is 3. The maximum Gasteiger partial charge on any atom is 0.276 e. The maximum atomic E-state index is 14.7. The molecule has 27 nitrogen and oxygen atoms in total. The molecule has 3 amide bonds. The Morgan fingerprint density at radius 1 is 0.383 bits per heavy atom. The molecule has 6 atom stereocenters. The average molecular weight is 2060 g/mol. The van der Waals surface area contributed by atoms with Crippen LogP contribution < -0.4 is 31.4 Å². The van der Waals surface area contributed by atoms with E-state index in [0.717, 1.165) is 0 Å². The number of hydrogen-bond donors (Lipinski definition) is 3. The van der Waals surface area contributed by atoms with E-state index in [1.165, 1.54) is 50.1 Å². The van der Waals surface area contributed by atoms with Crippen molar-refractivity contribution in [3.63, 3.8) is 0 Å². The Morgan fingerprint density at radius 2 is 0.596 bits per heavy atom. The van der Waals surface area contributed by atoms with E-state index >= 15 is 0 Å². The number of carbonyl (C=O) groups excluding carboxylic acids is 3. The summed E-state index contributed by atoms with van der Waals surface area (Å²) in [6.45, 7) is 39.3. The lowest BCUT2D eigenvalue weighted by atomic mass is 10.0.